The Balaban J connectivity index is 1.81. The number of hydrogen-bond acceptors (Lipinski definition) is 2. The number of benzene rings is 1. The van der Waals surface area contributed by atoms with E-state index in [0.29, 0.717) is 37.1 Å². The fourth-order valence-electron chi connectivity index (χ4n) is 3.03. The quantitative estimate of drug-likeness (QED) is 0.889. The van der Waals surface area contributed by atoms with Crippen LogP contribution in [0, 0.1) is 18.7 Å². The number of H-pyrrole nitrogens is 1. The number of piperidine rings is 1. The Morgan fingerprint density at radius 2 is 1.95 bits per heavy atom. The predicted octanol–water partition coefficient (Wildman–Crippen LogP) is 1.95. The first-order valence-corrected chi connectivity index (χ1v) is 7.33. The van der Waals surface area contributed by atoms with Crippen LogP contribution in [0.3, 0.4) is 0 Å². The van der Waals surface area contributed by atoms with Gasteiger partial charge in [0.1, 0.15) is 11.5 Å². The maximum atomic E-state index is 13.4. The highest BCUT2D eigenvalue weighted by molar-refractivity contribution is 5.99. The summed E-state index contributed by atoms with van der Waals surface area (Å²) < 4.78 is 13.4. The Labute approximate surface area is 127 Å². The largest absolute Gasteiger partial charge is 0.369 e. The Bertz CT molecular complexity index is 745. The zero-order chi connectivity index (χ0) is 15.9. The number of rotatable bonds is 2. The second-order valence-electron chi connectivity index (χ2n) is 5.84. The van der Waals surface area contributed by atoms with Crippen molar-refractivity contribution in [2.75, 3.05) is 13.1 Å². The molecule has 116 valence electrons. The van der Waals surface area contributed by atoms with E-state index in [4.69, 9.17) is 5.73 Å². The number of nitrogens with two attached hydrogens (primary N) is 1. The fraction of sp³-hybridized carbons (Fsp3) is 0.375. The first kappa shape index (κ1) is 14.6. The van der Waals surface area contributed by atoms with Crippen molar-refractivity contribution in [2.24, 2.45) is 11.7 Å². The number of aryl methyl sites for hydroxylation is 1. The van der Waals surface area contributed by atoms with Gasteiger partial charge in [-0.05, 0) is 43.5 Å². The molecule has 2 aromatic rings. The first-order valence-electron chi connectivity index (χ1n) is 7.33. The molecule has 0 spiro atoms. The number of carbonyl (C=O) groups is 2. The summed E-state index contributed by atoms with van der Waals surface area (Å²) in [6.45, 7) is 2.83. The zero-order valence-corrected chi connectivity index (χ0v) is 12.4. The second-order valence-corrected chi connectivity index (χ2v) is 5.84. The van der Waals surface area contributed by atoms with Crippen molar-refractivity contribution in [3.05, 3.63) is 35.3 Å². The van der Waals surface area contributed by atoms with Crippen molar-refractivity contribution in [3.63, 3.8) is 0 Å². The summed E-state index contributed by atoms with van der Waals surface area (Å²) in [6.07, 6.45) is 1.18. The van der Waals surface area contributed by atoms with Crippen molar-refractivity contribution >= 4 is 22.7 Å². The van der Waals surface area contributed by atoms with Crippen LogP contribution in [0.4, 0.5) is 4.39 Å². The average molecular weight is 303 g/mol. The van der Waals surface area contributed by atoms with Crippen molar-refractivity contribution in [1.29, 1.82) is 0 Å². The van der Waals surface area contributed by atoms with E-state index in [1.807, 2.05) is 6.92 Å². The minimum atomic E-state index is -0.326. The number of nitrogens with one attached hydrogen (secondary N) is 1. The molecule has 2 heterocycles. The number of aromatic amines is 1. The molecule has 22 heavy (non-hydrogen) atoms. The van der Waals surface area contributed by atoms with E-state index in [1.165, 1.54) is 12.1 Å². The van der Waals surface area contributed by atoms with E-state index in [-0.39, 0.29) is 23.5 Å². The van der Waals surface area contributed by atoms with Crippen LogP contribution in [-0.4, -0.2) is 34.8 Å². The third kappa shape index (κ3) is 2.56. The second kappa shape index (κ2) is 5.44. The van der Waals surface area contributed by atoms with Crippen LogP contribution >= 0.6 is 0 Å². The fourth-order valence-corrected chi connectivity index (χ4v) is 3.03. The summed E-state index contributed by atoms with van der Waals surface area (Å²) in [5.74, 6) is -0.904. The highest BCUT2D eigenvalue weighted by Gasteiger charge is 2.27. The van der Waals surface area contributed by atoms with Gasteiger partial charge in [-0.2, -0.15) is 0 Å². The minimum Gasteiger partial charge on any atom is -0.369 e. The molecular weight excluding hydrogens is 285 g/mol. The first-order chi connectivity index (χ1) is 10.5. The van der Waals surface area contributed by atoms with Crippen LogP contribution in [-0.2, 0) is 4.79 Å². The number of aromatic nitrogens is 1. The van der Waals surface area contributed by atoms with Gasteiger partial charge in [0.2, 0.25) is 5.91 Å². The number of halogens is 1. The molecule has 1 aliphatic rings. The molecule has 0 unspecified atom stereocenters. The molecule has 1 aromatic heterocycles. The smallest absolute Gasteiger partial charge is 0.270 e. The molecule has 3 rings (SSSR count). The monoisotopic (exact) mass is 303 g/mol. The normalized spacial score (nSPS) is 16.2. The van der Waals surface area contributed by atoms with Gasteiger partial charge in [0, 0.05) is 29.9 Å². The molecule has 0 radical (unpaired) electrons. The standard InChI is InChI=1S/C16H18FN3O2/c1-9-6-11(17)7-13-12(9)8-14(19-13)16(22)20-4-2-10(3-5-20)15(18)21/h6-8,10,19H,2-5H2,1H3,(H2,18,21). The van der Waals surface area contributed by atoms with Crippen LogP contribution in [0.5, 0.6) is 0 Å². The third-order valence-electron chi connectivity index (χ3n) is 4.32. The molecule has 6 heteroatoms. The Kier molecular flexibility index (Phi) is 3.60. The Morgan fingerprint density at radius 3 is 2.59 bits per heavy atom. The Hall–Kier alpha value is -2.37. The number of primary amides is 1. The molecule has 5 nitrogen and oxygen atoms in total. The Morgan fingerprint density at radius 1 is 1.27 bits per heavy atom. The lowest BCUT2D eigenvalue weighted by molar-refractivity contribution is -0.123. The van der Waals surface area contributed by atoms with Crippen LogP contribution in [0.1, 0.15) is 28.9 Å². The molecule has 1 aliphatic heterocycles. The molecule has 0 aliphatic carbocycles. The van der Waals surface area contributed by atoms with E-state index < -0.39 is 0 Å². The van der Waals surface area contributed by atoms with Crippen molar-refractivity contribution in [3.8, 4) is 0 Å². The summed E-state index contributed by atoms with van der Waals surface area (Å²) in [5.41, 5.74) is 7.15. The summed E-state index contributed by atoms with van der Waals surface area (Å²) in [6, 6.07) is 4.59. The lowest BCUT2D eigenvalue weighted by atomic mass is 9.96. The summed E-state index contributed by atoms with van der Waals surface area (Å²) >= 11 is 0. The van der Waals surface area contributed by atoms with E-state index in [9.17, 15) is 14.0 Å². The third-order valence-corrected chi connectivity index (χ3v) is 4.32. The molecule has 0 atom stereocenters. The van der Waals surface area contributed by atoms with Crippen molar-refractivity contribution in [2.45, 2.75) is 19.8 Å². The number of carbonyl (C=O) groups excluding carboxylic acids is 2. The maximum Gasteiger partial charge on any atom is 0.270 e. The lowest BCUT2D eigenvalue weighted by Crippen LogP contribution is -2.41. The number of nitrogens with zero attached hydrogens (tertiary/aromatic N) is 1. The average Bonchev–Trinajstić information content (AvgIpc) is 2.90. The molecule has 1 fully saturated rings. The van der Waals surface area contributed by atoms with Crippen molar-refractivity contribution in [1.82, 2.24) is 9.88 Å². The summed E-state index contributed by atoms with van der Waals surface area (Å²) in [7, 11) is 0. The van der Waals surface area contributed by atoms with Gasteiger partial charge in [0.25, 0.3) is 5.91 Å². The predicted molar refractivity (Wildman–Crippen MR) is 80.8 cm³/mol. The molecule has 0 saturated carbocycles. The van der Waals surface area contributed by atoms with Crippen molar-refractivity contribution < 1.29 is 14.0 Å². The zero-order valence-electron chi connectivity index (χ0n) is 12.4. The number of amides is 2. The van der Waals surface area contributed by atoms with E-state index in [0.717, 1.165) is 10.9 Å². The van der Waals surface area contributed by atoms with E-state index >= 15 is 0 Å². The van der Waals surface area contributed by atoms with E-state index in [2.05, 4.69) is 4.98 Å². The van der Waals surface area contributed by atoms with Gasteiger partial charge < -0.3 is 15.6 Å². The van der Waals surface area contributed by atoms with Gasteiger partial charge in [-0.25, -0.2) is 4.39 Å². The highest BCUT2D eigenvalue weighted by atomic mass is 19.1. The molecule has 0 bridgehead atoms. The summed E-state index contributed by atoms with van der Waals surface area (Å²) in [4.78, 5) is 28.4. The molecule has 1 aromatic carbocycles. The SMILES string of the molecule is Cc1cc(F)cc2[nH]c(C(=O)N3CCC(C(N)=O)CC3)cc12. The number of hydrogen-bond donors (Lipinski definition) is 2. The van der Waals surface area contributed by atoms with E-state index in [1.54, 1.807) is 11.0 Å². The molecule has 3 N–H and O–H groups in total. The summed E-state index contributed by atoms with van der Waals surface area (Å²) in [5, 5.41) is 0.844. The number of likely N-dealkylation sites (tertiary alicyclic amines) is 1. The van der Waals surface area contributed by atoms with Gasteiger partial charge in [-0.15, -0.1) is 0 Å². The number of fused-ring (bicyclic) bond motifs is 1. The molecule has 1 saturated heterocycles. The van der Waals surface area contributed by atoms with Gasteiger partial charge in [0.15, 0.2) is 0 Å². The van der Waals surface area contributed by atoms with Gasteiger partial charge in [-0.1, -0.05) is 0 Å². The van der Waals surface area contributed by atoms with Crippen LogP contribution in [0.2, 0.25) is 0 Å². The van der Waals surface area contributed by atoms with Gasteiger partial charge >= 0.3 is 0 Å². The molecular formula is C16H18FN3O2. The van der Waals surface area contributed by atoms with Crippen LogP contribution < -0.4 is 5.73 Å². The van der Waals surface area contributed by atoms with Gasteiger partial charge in [-0.3, -0.25) is 9.59 Å². The lowest BCUT2D eigenvalue weighted by Gasteiger charge is -2.30. The topological polar surface area (TPSA) is 79.2 Å². The van der Waals surface area contributed by atoms with Crippen LogP contribution in [0.25, 0.3) is 10.9 Å². The maximum absolute atomic E-state index is 13.4. The molecule has 2 amide bonds. The van der Waals surface area contributed by atoms with Crippen LogP contribution in [0.15, 0.2) is 18.2 Å². The van der Waals surface area contributed by atoms with Gasteiger partial charge in [0.05, 0.1) is 0 Å². The minimum absolute atomic E-state index is 0.126. The highest BCUT2D eigenvalue weighted by Crippen LogP contribution is 2.23.